The van der Waals surface area contributed by atoms with Crippen LogP contribution in [0.25, 0.3) is 27.6 Å². The summed E-state index contributed by atoms with van der Waals surface area (Å²) in [5, 5.41) is 18.9. The molecule has 0 saturated carbocycles. The Morgan fingerprint density at radius 1 is 1.19 bits per heavy atom. The number of nitrogens with zero attached hydrogens (tertiary/aromatic N) is 5. The molecule has 0 bridgehead atoms. The SMILES string of the molecule is COc1ccc(C)c(-n2c(N)c(C#N)c3ccc4c(nnn4C)c32)c1C. The number of anilines is 1. The summed E-state index contributed by atoms with van der Waals surface area (Å²) in [5.74, 6) is 1.15. The molecule has 0 saturated heterocycles. The maximum Gasteiger partial charge on any atom is 0.137 e. The highest BCUT2D eigenvalue weighted by atomic mass is 16.5. The minimum atomic E-state index is 0.389. The number of nitrogen functional groups attached to an aromatic ring is 1. The molecule has 0 aliphatic heterocycles. The minimum Gasteiger partial charge on any atom is -0.496 e. The lowest BCUT2D eigenvalue weighted by molar-refractivity contribution is 0.411. The van der Waals surface area contributed by atoms with Crippen molar-refractivity contribution in [2.75, 3.05) is 12.8 Å². The van der Waals surface area contributed by atoms with E-state index >= 15 is 0 Å². The van der Waals surface area contributed by atoms with E-state index in [9.17, 15) is 5.26 Å². The van der Waals surface area contributed by atoms with Crippen LogP contribution in [0.3, 0.4) is 0 Å². The van der Waals surface area contributed by atoms with Gasteiger partial charge in [-0.15, -0.1) is 5.10 Å². The number of ether oxygens (including phenoxy) is 1. The standard InChI is InChI=1S/C19H18N6O/c1-10-5-8-15(26-4)11(2)17(10)25-18-12(13(9-20)19(25)21)6-7-14-16(18)22-23-24(14)3/h5-8H,21H2,1-4H3. The predicted octanol–water partition coefficient (Wildman–Crippen LogP) is 2.99. The van der Waals surface area contributed by atoms with Crippen molar-refractivity contribution in [3.63, 3.8) is 0 Å². The van der Waals surface area contributed by atoms with Gasteiger partial charge in [0.25, 0.3) is 0 Å². The van der Waals surface area contributed by atoms with E-state index in [0.29, 0.717) is 16.9 Å². The first-order chi connectivity index (χ1) is 12.5. The molecule has 0 amide bonds. The van der Waals surface area contributed by atoms with Crippen LogP contribution < -0.4 is 10.5 Å². The lowest BCUT2D eigenvalue weighted by Crippen LogP contribution is -2.06. The average molecular weight is 346 g/mol. The van der Waals surface area contributed by atoms with E-state index in [1.807, 2.05) is 49.7 Å². The number of rotatable bonds is 2. The van der Waals surface area contributed by atoms with E-state index in [2.05, 4.69) is 16.4 Å². The molecule has 26 heavy (non-hydrogen) atoms. The molecule has 4 rings (SSSR count). The lowest BCUT2D eigenvalue weighted by atomic mass is 10.1. The summed E-state index contributed by atoms with van der Waals surface area (Å²) < 4.78 is 9.10. The molecule has 2 heterocycles. The van der Waals surface area contributed by atoms with Crippen LogP contribution in [0.15, 0.2) is 24.3 Å². The van der Waals surface area contributed by atoms with Gasteiger partial charge >= 0.3 is 0 Å². The van der Waals surface area contributed by atoms with Crippen molar-refractivity contribution < 1.29 is 4.74 Å². The molecule has 0 atom stereocenters. The predicted molar refractivity (Wildman–Crippen MR) is 100 cm³/mol. The summed E-state index contributed by atoms with van der Waals surface area (Å²) in [6, 6.07) is 9.96. The average Bonchev–Trinajstić information content (AvgIpc) is 3.13. The molecule has 2 aromatic heterocycles. The van der Waals surface area contributed by atoms with Crippen LogP contribution >= 0.6 is 0 Å². The van der Waals surface area contributed by atoms with Gasteiger partial charge in [0.05, 0.1) is 23.8 Å². The van der Waals surface area contributed by atoms with Gasteiger partial charge in [0.1, 0.15) is 28.7 Å². The van der Waals surface area contributed by atoms with Crippen molar-refractivity contribution in [3.8, 4) is 17.5 Å². The van der Waals surface area contributed by atoms with Crippen molar-refractivity contribution in [3.05, 3.63) is 41.0 Å². The number of methoxy groups -OCH3 is 1. The number of nitriles is 1. The zero-order valence-electron chi connectivity index (χ0n) is 15.0. The summed E-state index contributed by atoms with van der Waals surface area (Å²) in [5.41, 5.74) is 12.1. The molecule has 7 heteroatoms. The summed E-state index contributed by atoms with van der Waals surface area (Å²) in [4.78, 5) is 0. The Labute approximate surface area is 150 Å². The monoisotopic (exact) mass is 346 g/mol. The van der Waals surface area contributed by atoms with Crippen molar-refractivity contribution in [2.24, 2.45) is 7.05 Å². The molecule has 2 N–H and O–H groups in total. The Morgan fingerprint density at radius 3 is 2.65 bits per heavy atom. The second kappa shape index (κ2) is 5.49. The maximum atomic E-state index is 9.68. The fourth-order valence-corrected chi connectivity index (χ4v) is 3.62. The molecule has 0 spiro atoms. The van der Waals surface area contributed by atoms with E-state index in [1.165, 1.54) is 0 Å². The third kappa shape index (κ3) is 1.93. The Bertz CT molecular complexity index is 1220. The first kappa shape index (κ1) is 16.0. The van der Waals surface area contributed by atoms with E-state index < -0.39 is 0 Å². The number of nitrogens with two attached hydrogens (primary N) is 1. The van der Waals surface area contributed by atoms with Gasteiger partial charge in [0, 0.05) is 18.0 Å². The molecular weight excluding hydrogens is 328 g/mol. The largest absolute Gasteiger partial charge is 0.496 e. The molecule has 0 radical (unpaired) electrons. The summed E-state index contributed by atoms with van der Waals surface area (Å²) in [7, 11) is 3.48. The summed E-state index contributed by atoms with van der Waals surface area (Å²) >= 11 is 0. The number of hydrogen-bond acceptors (Lipinski definition) is 5. The molecule has 4 aromatic rings. The molecule has 7 nitrogen and oxygen atoms in total. The van der Waals surface area contributed by atoms with Crippen molar-refractivity contribution in [2.45, 2.75) is 13.8 Å². The first-order valence-electron chi connectivity index (χ1n) is 8.16. The van der Waals surface area contributed by atoms with Crippen LogP contribution in [0, 0.1) is 25.2 Å². The van der Waals surface area contributed by atoms with E-state index in [4.69, 9.17) is 10.5 Å². The number of fused-ring (bicyclic) bond motifs is 3. The Balaban J connectivity index is 2.26. The molecule has 0 unspecified atom stereocenters. The molecule has 0 aliphatic rings. The normalized spacial score (nSPS) is 11.2. The maximum absolute atomic E-state index is 9.68. The Kier molecular flexibility index (Phi) is 3.37. The van der Waals surface area contributed by atoms with E-state index in [0.717, 1.165) is 39.0 Å². The van der Waals surface area contributed by atoms with Crippen molar-refractivity contribution in [1.82, 2.24) is 19.6 Å². The highest BCUT2D eigenvalue weighted by Crippen LogP contribution is 2.38. The van der Waals surface area contributed by atoms with Gasteiger partial charge in [-0.25, -0.2) is 4.68 Å². The van der Waals surface area contributed by atoms with Gasteiger partial charge in [0.15, 0.2) is 0 Å². The number of aromatic nitrogens is 4. The minimum absolute atomic E-state index is 0.389. The van der Waals surface area contributed by atoms with Crippen LogP contribution in [-0.2, 0) is 7.05 Å². The second-order valence-corrected chi connectivity index (χ2v) is 6.31. The van der Waals surface area contributed by atoms with Gasteiger partial charge in [-0.3, -0.25) is 4.57 Å². The highest BCUT2D eigenvalue weighted by molar-refractivity contribution is 6.08. The molecule has 130 valence electrons. The molecule has 0 aliphatic carbocycles. The number of aryl methyl sites for hydroxylation is 2. The van der Waals surface area contributed by atoms with Crippen LogP contribution in [0.4, 0.5) is 5.82 Å². The van der Waals surface area contributed by atoms with Crippen LogP contribution in [0.1, 0.15) is 16.7 Å². The lowest BCUT2D eigenvalue weighted by Gasteiger charge is -2.17. The van der Waals surface area contributed by atoms with Crippen LogP contribution in [0.5, 0.6) is 5.75 Å². The third-order valence-corrected chi connectivity index (χ3v) is 4.89. The number of benzene rings is 2. The summed E-state index contributed by atoms with van der Waals surface area (Å²) in [6.07, 6.45) is 0. The van der Waals surface area contributed by atoms with Gasteiger partial charge in [0.2, 0.25) is 0 Å². The third-order valence-electron chi connectivity index (χ3n) is 4.89. The Morgan fingerprint density at radius 2 is 1.96 bits per heavy atom. The smallest absolute Gasteiger partial charge is 0.137 e. The molecule has 0 fully saturated rings. The van der Waals surface area contributed by atoms with Gasteiger partial charge in [-0.2, -0.15) is 5.26 Å². The topological polar surface area (TPSA) is 94.7 Å². The van der Waals surface area contributed by atoms with Gasteiger partial charge in [-0.05, 0) is 37.6 Å². The van der Waals surface area contributed by atoms with Crippen molar-refractivity contribution >= 4 is 27.8 Å². The Hall–Kier alpha value is -3.53. The molecule has 2 aromatic carbocycles. The van der Waals surface area contributed by atoms with E-state index in [-0.39, 0.29) is 0 Å². The fourth-order valence-electron chi connectivity index (χ4n) is 3.62. The van der Waals surface area contributed by atoms with Crippen molar-refractivity contribution in [1.29, 1.82) is 5.26 Å². The zero-order chi connectivity index (χ0) is 18.6. The summed E-state index contributed by atoms with van der Waals surface area (Å²) in [6.45, 7) is 3.99. The first-order valence-corrected chi connectivity index (χ1v) is 8.16. The van der Waals surface area contributed by atoms with E-state index in [1.54, 1.807) is 11.8 Å². The van der Waals surface area contributed by atoms with Crippen LogP contribution in [-0.4, -0.2) is 26.7 Å². The van der Waals surface area contributed by atoms with Crippen LogP contribution in [0.2, 0.25) is 0 Å². The highest BCUT2D eigenvalue weighted by Gasteiger charge is 2.23. The zero-order valence-corrected chi connectivity index (χ0v) is 15.0. The molecular formula is C19H18N6O. The second-order valence-electron chi connectivity index (χ2n) is 6.31. The fraction of sp³-hybridized carbons (Fsp3) is 0.211. The van der Waals surface area contributed by atoms with Gasteiger partial charge < -0.3 is 10.5 Å². The van der Waals surface area contributed by atoms with Gasteiger partial charge in [-0.1, -0.05) is 11.3 Å². The quantitative estimate of drug-likeness (QED) is 0.602. The number of hydrogen-bond donors (Lipinski definition) is 1.